The molecule has 274 valence electrons. The summed E-state index contributed by atoms with van der Waals surface area (Å²) in [5.41, 5.74) is 2.46. The highest BCUT2D eigenvalue weighted by atomic mass is 16.5. The molecule has 3 nitrogen and oxygen atoms in total. The number of unbranched alkanes of at least 4 members (excludes halogenated alkanes) is 7. The maximum Gasteiger partial charge on any atom is 0.306 e. The second kappa shape index (κ2) is 19.3. The molecule has 0 saturated heterocycles. The molecule has 4 rings (SSSR count). The minimum Gasteiger partial charge on any atom is -0.462 e. The van der Waals surface area contributed by atoms with Crippen LogP contribution in [0.15, 0.2) is 36.0 Å². The van der Waals surface area contributed by atoms with Crippen molar-refractivity contribution in [3.8, 4) is 0 Å². The zero-order valence-electron chi connectivity index (χ0n) is 32.3. The van der Waals surface area contributed by atoms with Gasteiger partial charge in [0.05, 0.1) is 6.10 Å². The van der Waals surface area contributed by atoms with Gasteiger partial charge in [-0.05, 0) is 117 Å². The minimum atomic E-state index is -0.353. The maximum atomic E-state index is 12.8. The SMILES string of the molecule is CCCCCC=CC=C[C@H](O)CCCCCCCC(=O)O[C@H]1CC[C@@]2(C)C(=CC[C@H]3[C@@H]4CC[C@H]([C@H](C)CCCC(C)C)[C@@]4(C)CC[C@@H]32)C1. The van der Waals surface area contributed by atoms with Crippen LogP contribution in [0.3, 0.4) is 0 Å². The molecule has 0 aromatic rings. The Labute approximate surface area is 297 Å². The number of esters is 1. The monoisotopic (exact) mass is 665 g/mol. The lowest BCUT2D eigenvalue weighted by atomic mass is 9.47. The molecule has 0 aromatic carbocycles. The Balaban J connectivity index is 1.13. The number of fused-ring (bicyclic) bond motifs is 5. The average molecular weight is 665 g/mol. The Kier molecular flexibility index (Phi) is 15.9. The van der Waals surface area contributed by atoms with Crippen LogP contribution in [0.4, 0.5) is 0 Å². The first-order chi connectivity index (χ1) is 23.1. The summed E-state index contributed by atoms with van der Waals surface area (Å²) in [6.45, 7) is 14.8. The van der Waals surface area contributed by atoms with Crippen LogP contribution in [-0.2, 0) is 9.53 Å². The number of aliphatic hydroxyl groups excluding tert-OH is 1. The standard InChI is InChI=1S/C45H76O3/c1-7-8-9-10-11-13-16-22-37(46)23-17-14-12-15-18-24-43(47)48-38-29-31-44(5)36(33-38)25-26-39-41-28-27-40(35(4)21-19-20-34(2)3)45(41,6)32-30-42(39)44/h11,13,16,22,25,34-35,37-42,46H,7-10,12,14-15,17-21,23-24,26-33H2,1-6H3/t35-,37+,38+,39+,40-,41+,42+,44+,45-/m1/s1. The summed E-state index contributed by atoms with van der Waals surface area (Å²) in [4.78, 5) is 12.8. The predicted molar refractivity (Wildman–Crippen MR) is 204 cm³/mol. The molecule has 0 spiro atoms. The molecule has 0 aliphatic heterocycles. The van der Waals surface area contributed by atoms with Crippen molar-refractivity contribution in [2.45, 2.75) is 195 Å². The second-order valence-electron chi connectivity index (χ2n) is 17.8. The molecule has 3 fully saturated rings. The first kappa shape index (κ1) is 39.4. The largest absolute Gasteiger partial charge is 0.462 e. The van der Waals surface area contributed by atoms with E-state index in [9.17, 15) is 9.90 Å². The van der Waals surface area contributed by atoms with Gasteiger partial charge in [-0.15, -0.1) is 0 Å². The van der Waals surface area contributed by atoms with Crippen molar-refractivity contribution in [1.29, 1.82) is 0 Å². The Morgan fingerprint density at radius 2 is 1.69 bits per heavy atom. The van der Waals surface area contributed by atoms with Gasteiger partial charge in [0.15, 0.2) is 0 Å². The molecule has 48 heavy (non-hydrogen) atoms. The third-order valence-electron chi connectivity index (χ3n) is 14.0. The fraction of sp³-hybridized carbons (Fsp3) is 0.844. The first-order valence-electron chi connectivity index (χ1n) is 21.0. The van der Waals surface area contributed by atoms with Crippen molar-refractivity contribution >= 4 is 5.97 Å². The molecule has 0 radical (unpaired) electrons. The molecule has 0 heterocycles. The molecule has 3 saturated carbocycles. The van der Waals surface area contributed by atoms with Crippen molar-refractivity contribution < 1.29 is 14.6 Å². The summed E-state index contributed by atoms with van der Waals surface area (Å²) < 4.78 is 6.10. The van der Waals surface area contributed by atoms with Crippen LogP contribution in [0.5, 0.6) is 0 Å². The van der Waals surface area contributed by atoms with Gasteiger partial charge < -0.3 is 9.84 Å². The Morgan fingerprint density at radius 1 is 0.896 bits per heavy atom. The van der Waals surface area contributed by atoms with Crippen molar-refractivity contribution in [1.82, 2.24) is 0 Å². The molecule has 0 aromatic heterocycles. The Bertz CT molecular complexity index is 1050. The van der Waals surface area contributed by atoms with Gasteiger partial charge in [-0.3, -0.25) is 4.79 Å². The normalized spacial score (nSPS) is 33.0. The van der Waals surface area contributed by atoms with Crippen molar-refractivity contribution in [3.63, 3.8) is 0 Å². The number of carbonyl (C=O) groups excluding carboxylic acids is 1. The fourth-order valence-electron chi connectivity index (χ4n) is 11.1. The lowest BCUT2D eigenvalue weighted by Gasteiger charge is -2.58. The van der Waals surface area contributed by atoms with Gasteiger partial charge in [0, 0.05) is 12.8 Å². The number of aliphatic hydroxyl groups is 1. The Morgan fingerprint density at radius 3 is 2.48 bits per heavy atom. The summed E-state index contributed by atoms with van der Waals surface area (Å²) in [6, 6.07) is 0. The molecular weight excluding hydrogens is 588 g/mol. The molecule has 3 heteroatoms. The van der Waals surface area contributed by atoms with Gasteiger partial charge in [0.25, 0.3) is 0 Å². The van der Waals surface area contributed by atoms with E-state index in [0.717, 1.165) is 93.3 Å². The fourth-order valence-corrected chi connectivity index (χ4v) is 11.1. The van der Waals surface area contributed by atoms with Crippen LogP contribution >= 0.6 is 0 Å². The highest BCUT2D eigenvalue weighted by Gasteiger charge is 2.59. The number of rotatable bonds is 20. The van der Waals surface area contributed by atoms with E-state index < -0.39 is 0 Å². The van der Waals surface area contributed by atoms with Gasteiger partial charge in [-0.1, -0.05) is 135 Å². The van der Waals surface area contributed by atoms with Crippen molar-refractivity contribution in [2.75, 3.05) is 0 Å². The van der Waals surface area contributed by atoms with E-state index in [4.69, 9.17) is 4.74 Å². The number of hydrogen-bond acceptors (Lipinski definition) is 3. The maximum absolute atomic E-state index is 12.8. The van der Waals surface area contributed by atoms with E-state index in [0.29, 0.717) is 17.3 Å². The lowest BCUT2D eigenvalue weighted by molar-refractivity contribution is -0.151. The third kappa shape index (κ3) is 10.6. The van der Waals surface area contributed by atoms with E-state index in [1.807, 2.05) is 12.2 Å². The van der Waals surface area contributed by atoms with Gasteiger partial charge in [0.1, 0.15) is 6.10 Å². The summed E-state index contributed by atoms with van der Waals surface area (Å²) in [5, 5.41) is 10.2. The summed E-state index contributed by atoms with van der Waals surface area (Å²) in [5.74, 6) is 5.18. The summed E-state index contributed by atoms with van der Waals surface area (Å²) in [7, 11) is 0. The average Bonchev–Trinajstić information content (AvgIpc) is 3.41. The van der Waals surface area contributed by atoms with Crippen LogP contribution < -0.4 is 0 Å². The van der Waals surface area contributed by atoms with Crippen LogP contribution in [-0.4, -0.2) is 23.3 Å². The quantitative estimate of drug-likeness (QED) is 0.0610. The third-order valence-corrected chi connectivity index (χ3v) is 14.0. The van der Waals surface area contributed by atoms with E-state index >= 15 is 0 Å². The van der Waals surface area contributed by atoms with Crippen LogP contribution in [0.2, 0.25) is 0 Å². The number of hydrogen-bond donors (Lipinski definition) is 1. The molecule has 0 bridgehead atoms. The highest BCUT2D eigenvalue weighted by Crippen LogP contribution is 2.67. The molecule has 4 aliphatic carbocycles. The first-order valence-corrected chi connectivity index (χ1v) is 21.0. The van der Waals surface area contributed by atoms with E-state index in [-0.39, 0.29) is 18.2 Å². The second-order valence-corrected chi connectivity index (χ2v) is 17.8. The van der Waals surface area contributed by atoms with Crippen LogP contribution in [0.1, 0.15) is 183 Å². The van der Waals surface area contributed by atoms with Gasteiger partial charge >= 0.3 is 5.97 Å². The van der Waals surface area contributed by atoms with Crippen LogP contribution in [0, 0.1) is 46.3 Å². The van der Waals surface area contributed by atoms with E-state index in [2.05, 4.69) is 59.8 Å². The zero-order valence-corrected chi connectivity index (χ0v) is 32.3. The van der Waals surface area contributed by atoms with Gasteiger partial charge in [-0.2, -0.15) is 0 Å². The van der Waals surface area contributed by atoms with Crippen LogP contribution in [0.25, 0.3) is 0 Å². The van der Waals surface area contributed by atoms with Gasteiger partial charge in [0.2, 0.25) is 0 Å². The molecule has 1 N–H and O–H groups in total. The number of allylic oxidation sites excluding steroid dienone is 4. The number of ether oxygens (including phenoxy) is 1. The van der Waals surface area contributed by atoms with Gasteiger partial charge in [-0.25, -0.2) is 0 Å². The Hall–Kier alpha value is -1.35. The van der Waals surface area contributed by atoms with E-state index in [1.54, 1.807) is 5.57 Å². The lowest BCUT2D eigenvalue weighted by Crippen LogP contribution is -2.51. The molecule has 9 atom stereocenters. The topological polar surface area (TPSA) is 46.5 Å². The molecular formula is C45H76O3. The summed E-state index contributed by atoms with van der Waals surface area (Å²) >= 11 is 0. The molecule has 4 aliphatic rings. The summed E-state index contributed by atoms with van der Waals surface area (Å²) in [6.07, 6.45) is 36.4. The van der Waals surface area contributed by atoms with Crippen molar-refractivity contribution in [2.24, 2.45) is 46.3 Å². The predicted octanol–water partition coefficient (Wildman–Crippen LogP) is 12.7. The highest BCUT2D eigenvalue weighted by molar-refractivity contribution is 5.69. The van der Waals surface area contributed by atoms with Crippen molar-refractivity contribution in [3.05, 3.63) is 36.0 Å². The molecule has 0 amide bonds. The smallest absolute Gasteiger partial charge is 0.306 e. The molecule has 0 unspecified atom stereocenters. The number of carbonyl (C=O) groups is 1. The van der Waals surface area contributed by atoms with E-state index in [1.165, 1.54) is 77.0 Å². The minimum absolute atomic E-state index is 0.00846. The zero-order chi connectivity index (χ0) is 34.6.